The predicted molar refractivity (Wildman–Crippen MR) is 82.9 cm³/mol. The van der Waals surface area contributed by atoms with Crippen molar-refractivity contribution in [1.82, 2.24) is 0 Å². The number of hydrogen-bond donors (Lipinski definition) is 1. The van der Waals surface area contributed by atoms with E-state index in [1.165, 1.54) is 17.7 Å². The highest BCUT2D eigenvalue weighted by Gasteiger charge is 2.09. The fourth-order valence-electron chi connectivity index (χ4n) is 2.03. The average Bonchev–Trinajstić information content (AvgIpc) is 2.52. The molecule has 5 nitrogen and oxygen atoms in total. The van der Waals surface area contributed by atoms with Gasteiger partial charge < -0.3 is 10.1 Å². The molecular formula is C16H18N2O3. The van der Waals surface area contributed by atoms with E-state index in [1.807, 2.05) is 18.2 Å². The van der Waals surface area contributed by atoms with Gasteiger partial charge in [0.2, 0.25) is 0 Å². The van der Waals surface area contributed by atoms with Gasteiger partial charge in [-0.2, -0.15) is 0 Å². The van der Waals surface area contributed by atoms with E-state index in [0.717, 1.165) is 12.8 Å². The maximum absolute atomic E-state index is 10.9. The molecule has 0 aromatic heterocycles. The molecule has 0 unspecified atom stereocenters. The van der Waals surface area contributed by atoms with Crippen molar-refractivity contribution in [2.24, 2.45) is 0 Å². The summed E-state index contributed by atoms with van der Waals surface area (Å²) in [7, 11) is 1.72. The van der Waals surface area contributed by atoms with Gasteiger partial charge in [-0.15, -0.1) is 0 Å². The number of anilines is 1. The summed E-state index contributed by atoms with van der Waals surface area (Å²) in [6, 6.07) is 14.9. The van der Waals surface area contributed by atoms with E-state index in [1.54, 1.807) is 13.1 Å². The maximum atomic E-state index is 10.9. The Labute approximate surface area is 123 Å². The first-order chi connectivity index (χ1) is 10.2. The Balaban J connectivity index is 1.90. The van der Waals surface area contributed by atoms with E-state index < -0.39 is 4.92 Å². The van der Waals surface area contributed by atoms with E-state index in [4.69, 9.17) is 4.74 Å². The van der Waals surface area contributed by atoms with Crippen molar-refractivity contribution in [3.8, 4) is 5.75 Å². The molecule has 0 aliphatic heterocycles. The smallest absolute Gasteiger partial charge is 0.275 e. The summed E-state index contributed by atoms with van der Waals surface area (Å²) >= 11 is 0. The molecule has 2 rings (SSSR count). The Morgan fingerprint density at radius 1 is 1.19 bits per heavy atom. The SMILES string of the molecule is CNc1cc(OCCCc2ccccc2)cc([N+](=O)[O-])c1. The molecule has 0 aliphatic rings. The molecule has 21 heavy (non-hydrogen) atoms. The fraction of sp³-hybridized carbons (Fsp3) is 0.250. The standard InChI is InChI=1S/C16H18N2O3/c1-17-14-10-15(18(19)20)12-16(11-14)21-9-5-8-13-6-3-2-4-7-13/h2-4,6-7,10-12,17H,5,8-9H2,1H3. The predicted octanol–water partition coefficient (Wildman–Crippen LogP) is 3.65. The molecular weight excluding hydrogens is 268 g/mol. The maximum Gasteiger partial charge on any atom is 0.275 e. The van der Waals surface area contributed by atoms with Gasteiger partial charge in [-0.05, 0) is 18.4 Å². The van der Waals surface area contributed by atoms with Crippen molar-refractivity contribution >= 4 is 11.4 Å². The number of hydrogen-bond acceptors (Lipinski definition) is 4. The molecule has 0 radical (unpaired) electrons. The zero-order chi connectivity index (χ0) is 15.1. The molecule has 0 atom stereocenters. The monoisotopic (exact) mass is 286 g/mol. The first kappa shape index (κ1) is 14.8. The number of nitrogens with one attached hydrogen (secondary N) is 1. The Hall–Kier alpha value is -2.56. The lowest BCUT2D eigenvalue weighted by Gasteiger charge is -2.08. The molecule has 0 spiro atoms. The van der Waals surface area contributed by atoms with Crippen LogP contribution >= 0.6 is 0 Å². The van der Waals surface area contributed by atoms with Crippen LogP contribution in [-0.4, -0.2) is 18.6 Å². The van der Waals surface area contributed by atoms with E-state index in [-0.39, 0.29) is 5.69 Å². The summed E-state index contributed by atoms with van der Waals surface area (Å²) in [6.07, 6.45) is 1.79. The summed E-state index contributed by atoms with van der Waals surface area (Å²) in [4.78, 5) is 10.4. The number of benzene rings is 2. The molecule has 0 saturated heterocycles. The summed E-state index contributed by atoms with van der Waals surface area (Å²) in [5.74, 6) is 0.515. The number of non-ortho nitro benzene ring substituents is 1. The lowest BCUT2D eigenvalue weighted by atomic mass is 10.1. The van der Waals surface area contributed by atoms with Crippen molar-refractivity contribution in [2.75, 3.05) is 19.0 Å². The Morgan fingerprint density at radius 2 is 1.95 bits per heavy atom. The molecule has 0 amide bonds. The highest BCUT2D eigenvalue weighted by atomic mass is 16.6. The van der Waals surface area contributed by atoms with Crippen molar-refractivity contribution < 1.29 is 9.66 Å². The van der Waals surface area contributed by atoms with Crippen molar-refractivity contribution in [1.29, 1.82) is 0 Å². The number of rotatable bonds is 7. The molecule has 5 heteroatoms. The van der Waals surface area contributed by atoms with Crippen LogP contribution in [-0.2, 0) is 6.42 Å². The normalized spacial score (nSPS) is 10.1. The third kappa shape index (κ3) is 4.49. The van der Waals surface area contributed by atoms with Crippen LogP contribution in [0.5, 0.6) is 5.75 Å². The van der Waals surface area contributed by atoms with Gasteiger partial charge in [-0.25, -0.2) is 0 Å². The largest absolute Gasteiger partial charge is 0.493 e. The van der Waals surface area contributed by atoms with Crippen LogP contribution in [0.2, 0.25) is 0 Å². The van der Waals surface area contributed by atoms with E-state index in [0.29, 0.717) is 18.0 Å². The van der Waals surface area contributed by atoms with Gasteiger partial charge in [0, 0.05) is 24.9 Å². The van der Waals surface area contributed by atoms with E-state index >= 15 is 0 Å². The summed E-state index contributed by atoms with van der Waals surface area (Å²) < 4.78 is 5.62. The lowest BCUT2D eigenvalue weighted by Crippen LogP contribution is -2.01. The van der Waals surface area contributed by atoms with Crippen LogP contribution in [0.15, 0.2) is 48.5 Å². The topological polar surface area (TPSA) is 64.4 Å². The average molecular weight is 286 g/mol. The minimum absolute atomic E-state index is 0.0277. The minimum Gasteiger partial charge on any atom is -0.493 e. The van der Waals surface area contributed by atoms with Gasteiger partial charge in [0.1, 0.15) is 5.75 Å². The van der Waals surface area contributed by atoms with Crippen LogP contribution in [0.3, 0.4) is 0 Å². The van der Waals surface area contributed by atoms with Gasteiger partial charge in [0.15, 0.2) is 0 Å². The van der Waals surface area contributed by atoms with Crippen LogP contribution in [0.25, 0.3) is 0 Å². The Morgan fingerprint density at radius 3 is 2.62 bits per heavy atom. The van der Waals surface area contributed by atoms with Crippen LogP contribution in [0.1, 0.15) is 12.0 Å². The highest BCUT2D eigenvalue weighted by molar-refractivity contribution is 5.56. The summed E-state index contributed by atoms with van der Waals surface area (Å²) in [6.45, 7) is 0.527. The van der Waals surface area contributed by atoms with E-state index in [2.05, 4.69) is 17.4 Å². The molecule has 1 N–H and O–H groups in total. The zero-order valence-corrected chi connectivity index (χ0v) is 11.9. The second-order valence-electron chi connectivity index (χ2n) is 4.66. The van der Waals surface area contributed by atoms with Gasteiger partial charge in [0.05, 0.1) is 17.6 Å². The second kappa shape index (κ2) is 7.28. The second-order valence-corrected chi connectivity index (χ2v) is 4.66. The first-order valence-electron chi connectivity index (χ1n) is 6.83. The Kier molecular flexibility index (Phi) is 5.15. The molecule has 0 saturated carbocycles. The highest BCUT2D eigenvalue weighted by Crippen LogP contribution is 2.25. The van der Waals surface area contributed by atoms with Crippen molar-refractivity contribution in [3.63, 3.8) is 0 Å². The van der Waals surface area contributed by atoms with Crippen LogP contribution in [0.4, 0.5) is 11.4 Å². The molecule has 2 aromatic carbocycles. The van der Waals surface area contributed by atoms with Gasteiger partial charge in [0.25, 0.3) is 5.69 Å². The number of ether oxygens (including phenoxy) is 1. The van der Waals surface area contributed by atoms with Gasteiger partial charge >= 0.3 is 0 Å². The quantitative estimate of drug-likeness (QED) is 0.479. The molecule has 0 heterocycles. The third-order valence-electron chi connectivity index (χ3n) is 3.11. The van der Waals surface area contributed by atoms with E-state index in [9.17, 15) is 10.1 Å². The lowest BCUT2D eigenvalue weighted by molar-refractivity contribution is -0.384. The van der Waals surface area contributed by atoms with Gasteiger partial charge in [-0.1, -0.05) is 30.3 Å². The molecule has 110 valence electrons. The number of nitrogens with zero attached hydrogens (tertiary/aromatic N) is 1. The zero-order valence-electron chi connectivity index (χ0n) is 11.9. The third-order valence-corrected chi connectivity index (χ3v) is 3.11. The summed E-state index contributed by atoms with van der Waals surface area (Å²) in [5.41, 5.74) is 1.96. The fourth-order valence-corrected chi connectivity index (χ4v) is 2.03. The molecule has 0 aliphatic carbocycles. The van der Waals surface area contributed by atoms with Gasteiger partial charge in [-0.3, -0.25) is 10.1 Å². The van der Waals surface area contributed by atoms with Crippen LogP contribution < -0.4 is 10.1 Å². The number of nitro groups is 1. The minimum atomic E-state index is -0.419. The van der Waals surface area contributed by atoms with Crippen molar-refractivity contribution in [3.05, 3.63) is 64.2 Å². The first-order valence-corrected chi connectivity index (χ1v) is 6.83. The Bertz CT molecular complexity index is 600. The van der Waals surface area contributed by atoms with Crippen molar-refractivity contribution in [2.45, 2.75) is 12.8 Å². The number of nitro benzene ring substituents is 1. The summed E-state index contributed by atoms with van der Waals surface area (Å²) in [5, 5.41) is 13.8. The molecule has 0 bridgehead atoms. The van der Waals surface area contributed by atoms with Crippen LogP contribution in [0, 0.1) is 10.1 Å². The number of aryl methyl sites for hydroxylation is 1. The molecule has 2 aromatic rings. The molecule has 0 fully saturated rings.